The van der Waals surface area contributed by atoms with Crippen LogP contribution in [0.2, 0.25) is 0 Å². The molecule has 0 N–H and O–H groups in total. The Hall–Kier alpha value is -2.63. The predicted molar refractivity (Wildman–Crippen MR) is 270 cm³/mol. The molecule has 366 valence electrons. The standard InChI is InChI=1S/C57H102O6/c1-4-7-10-13-16-19-22-25-27-28-29-30-33-35-38-41-44-47-50-56(59)62-53-54(52-61-55(58)49-46-43-40-37-34-31-24-21-18-15-12-9-6-3)63-57(60)51-48-45-42-39-36-32-26-23-20-17-14-11-8-5-2/h9,12,15,18,21,24,32,36,54H,4-8,10-11,13-14,16-17,19-20,22-23,25-31,33-35,37-53H2,1-3H3/b12-9+,18-15+,24-21+,36-32+. The molecule has 0 saturated heterocycles. The van der Waals surface area contributed by atoms with Crippen LogP contribution in [-0.2, 0) is 28.6 Å². The smallest absolute Gasteiger partial charge is 0.306 e. The molecule has 0 aromatic rings. The molecule has 0 aliphatic heterocycles. The van der Waals surface area contributed by atoms with Crippen LogP contribution in [0.1, 0.15) is 278 Å². The summed E-state index contributed by atoms with van der Waals surface area (Å²) >= 11 is 0. The quantitative estimate of drug-likeness (QED) is 0.0199. The molecule has 0 fully saturated rings. The Bertz CT molecular complexity index is 1110. The first-order valence-electron chi connectivity index (χ1n) is 27.2. The lowest BCUT2D eigenvalue weighted by molar-refractivity contribution is -0.167. The molecule has 0 radical (unpaired) electrons. The summed E-state index contributed by atoms with van der Waals surface area (Å²) in [6, 6.07) is 0. The van der Waals surface area contributed by atoms with Gasteiger partial charge in [-0.05, 0) is 64.2 Å². The van der Waals surface area contributed by atoms with Gasteiger partial charge in [0.1, 0.15) is 13.2 Å². The van der Waals surface area contributed by atoms with Gasteiger partial charge in [0.15, 0.2) is 6.10 Å². The van der Waals surface area contributed by atoms with Gasteiger partial charge in [0.2, 0.25) is 0 Å². The normalized spacial score (nSPS) is 12.4. The van der Waals surface area contributed by atoms with Gasteiger partial charge in [0.05, 0.1) is 0 Å². The van der Waals surface area contributed by atoms with Crippen molar-refractivity contribution in [3.05, 3.63) is 48.6 Å². The molecule has 0 aliphatic carbocycles. The summed E-state index contributed by atoms with van der Waals surface area (Å²) in [5.74, 6) is -0.910. The van der Waals surface area contributed by atoms with Gasteiger partial charge in [-0.25, -0.2) is 0 Å². The van der Waals surface area contributed by atoms with E-state index >= 15 is 0 Å². The van der Waals surface area contributed by atoms with Crippen molar-refractivity contribution in [3.8, 4) is 0 Å². The summed E-state index contributed by atoms with van der Waals surface area (Å²) in [5.41, 5.74) is 0. The number of carbonyl (C=O) groups is 3. The number of hydrogen-bond donors (Lipinski definition) is 0. The molecule has 1 atom stereocenters. The van der Waals surface area contributed by atoms with E-state index in [1.807, 2.05) is 0 Å². The lowest BCUT2D eigenvalue weighted by Crippen LogP contribution is -2.30. The highest BCUT2D eigenvalue weighted by atomic mass is 16.6. The Balaban J connectivity index is 4.36. The van der Waals surface area contributed by atoms with E-state index in [-0.39, 0.29) is 31.1 Å². The number of carbonyl (C=O) groups excluding carboxylic acids is 3. The van der Waals surface area contributed by atoms with Gasteiger partial charge in [-0.2, -0.15) is 0 Å². The monoisotopic (exact) mass is 883 g/mol. The van der Waals surface area contributed by atoms with Crippen molar-refractivity contribution in [2.24, 2.45) is 0 Å². The van der Waals surface area contributed by atoms with Crippen molar-refractivity contribution in [2.75, 3.05) is 13.2 Å². The zero-order chi connectivity index (χ0) is 45.8. The van der Waals surface area contributed by atoms with Crippen LogP contribution in [0.3, 0.4) is 0 Å². The summed E-state index contributed by atoms with van der Waals surface area (Å²) < 4.78 is 16.8. The molecule has 0 aliphatic rings. The van der Waals surface area contributed by atoms with Crippen LogP contribution < -0.4 is 0 Å². The summed E-state index contributed by atoms with van der Waals surface area (Å²) in [5, 5.41) is 0. The van der Waals surface area contributed by atoms with Crippen molar-refractivity contribution in [3.63, 3.8) is 0 Å². The van der Waals surface area contributed by atoms with Crippen LogP contribution in [-0.4, -0.2) is 37.2 Å². The molecule has 63 heavy (non-hydrogen) atoms. The summed E-state index contributed by atoms with van der Waals surface area (Å²) in [7, 11) is 0. The first kappa shape index (κ1) is 60.4. The van der Waals surface area contributed by atoms with Crippen LogP contribution in [0, 0.1) is 0 Å². The second-order valence-electron chi connectivity index (χ2n) is 18.2. The largest absolute Gasteiger partial charge is 0.462 e. The highest BCUT2D eigenvalue weighted by Gasteiger charge is 2.19. The third-order valence-electron chi connectivity index (χ3n) is 11.9. The molecule has 0 aromatic heterocycles. The van der Waals surface area contributed by atoms with Crippen molar-refractivity contribution in [1.82, 2.24) is 0 Å². The first-order chi connectivity index (χ1) is 31.0. The SMILES string of the molecule is CC/C=C/C=C/C=C/CCCCCCCC(=O)OCC(COC(=O)CCCCCCCCCCCCCCCCCCCC)OC(=O)CCCCC/C=C/CCCCCCCCC. The molecule has 0 heterocycles. The predicted octanol–water partition coefficient (Wildman–Crippen LogP) is 17.9. The minimum Gasteiger partial charge on any atom is -0.462 e. The summed E-state index contributed by atoms with van der Waals surface area (Å²) in [6.45, 7) is 6.50. The molecular weight excluding hydrogens is 781 g/mol. The minimum atomic E-state index is -0.786. The second-order valence-corrected chi connectivity index (χ2v) is 18.2. The van der Waals surface area contributed by atoms with E-state index in [9.17, 15) is 14.4 Å². The van der Waals surface area contributed by atoms with E-state index in [1.54, 1.807) is 0 Å². The fraction of sp³-hybridized carbons (Fsp3) is 0.807. The van der Waals surface area contributed by atoms with Gasteiger partial charge >= 0.3 is 17.9 Å². The molecule has 0 saturated carbocycles. The zero-order valence-electron chi connectivity index (χ0n) is 41.8. The Labute approximate surface area is 390 Å². The van der Waals surface area contributed by atoms with Crippen LogP contribution >= 0.6 is 0 Å². The van der Waals surface area contributed by atoms with Crippen LogP contribution in [0.15, 0.2) is 48.6 Å². The van der Waals surface area contributed by atoms with Crippen molar-refractivity contribution < 1.29 is 28.6 Å². The molecule has 0 bridgehead atoms. The van der Waals surface area contributed by atoms with E-state index in [2.05, 4.69) is 69.4 Å². The fourth-order valence-electron chi connectivity index (χ4n) is 7.79. The topological polar surface area (TPSA) is 78.9 Å². The van der Waals surface area contributed by atoms with Gasteiger partial charge in [0.25, 0.3) is 0 Å². The van der Waals surface area contributed by atoms with Gasteiger partial charge in [-0.1, -0.05) is 243 Å². The Morgan fingerprint density at radius 2 is 0.635 bits per heavy atom. The molecule has 0 aromatic carbocycles. The molecule has 0 amide bonds. The highest BCUT2D eigenvalue weighted by molar-refractivity contribution is 5.71. The van der Waals surface area contributed by atoms with Crippen LogP contribution in [0.25, 0.3) is 0 Å². The first-order valence-corrected chi connectivity index (χ1v) is 27.2. The second kappa shape index (κ2) is 52.0. The Morgan fingerprint density at radius 3 is 1.02 bits per heavy atom. The highest BCUT2D eigenvalue weighted by Crippen LogP contribution is 2.16. The maximum absolute atomic E-state index is 12.8. The number of esters is 3. The van der Waals surface area contributed by atoms with Gasteiger partial charge in [0, 0.05) is 19.3 Å². The number of allylic oxidation sites excluding steroid dienone is 8. The number of unbranched alkanes of at least 4 members (excludes halogenated alkanes) is 32. The van der Waals surface area contributed by atoms with Crippen molar-refractivity contribution in [1.29, 1.82) is 0 Å². The third-order valence-corrected chi connectivity index (χ3v) is 11.9. The summed E-state index contributed by atoms with van der Waals surface area (Å²) in [6.07, 6.45) is 62.4. The zero-order valence-corrected chi connectivity index (χ0v) is 41.8. The van der Waals surface area contributed by atoms with Crippen molar-refractivity contribution in [2.45, 2.75) is 284 Å². The third kappa shape index (κ3) is 50.2. The Kier molecular flexibility index (Phi) is 49.8. The van der Waals surface area contributed by atoms with Gasteiger partial charge in [-0.15, -0.1) is 0 Å². The molecule has 0 spiro atoms. The lowest BCUT2D eigenvalue weighted by atomic mass is 10.0. The maximum Gasteiger partial charge on any atom is 0.306 e. The van der Waals surface area contributed by atoms with Crippen molar-refractivity contribution >= 4 is 17.9 Å². The maximum atomic E-state index is 12.8. The molecule has 6 nitrogen and oxygen atoms in total. The van der Waals surface area contributed by atoms with Crippen LogP contribution in [0.4, 0.5) is 0 Å². The minimum absolute atomic E-state index is 0.0832. The fourth-order valence-corrected chi connectivity index (χ4v) is 7.79. The lowest BCUT2D eigenvalue weighted by Gasteiger charge is -2.18. The average Bonchev–Trinajstić information content (AvgIpc) is 3.28. The van der Waals surface area contributed by atoms with E-state index in [0.29, 0.717) is 19.3 Å². The summed E-state index contributed by atoms with van der Waals surface area (Å²) in [4.78, 5) is 38.0. The van der Waals surface area contributed by atoms with E-state index < -0.39 is 6.10 Å². The number of hydrogen-bond acceptors (Lipinski definition) is 6. The Morgan fingerprint density at radius 1 is 0.333 bits per heavy atom. The number of ether oxygens (including phenoxy) is 3. The van der Waals surface area contributed by atoms with Crippen LogP contribution in [0.5, 0.6) is 0 Å². The van der Waals surface area contributed by atoms with E-state index in [0.717, 1.165) is 96.3 Å². The average molecular weight is 883 g/mol. The molecule has 0 rings (SSSR count). The van der Waals surface area contributed by atoms with Gasteiger partial charge in [-0.3, -0.25) is 14.4 Å². The molecular formula is C57H102O6. The van der Waals surface area contributed by atoms with E-state index in [4.69, 9.17) is 14.2 Å². The molecule has 1 unspecified atom stereocenters. The van der Waals surface area contributed by atoms with Gasteiger partial charge < -0.3 is 14.2 Å². The number of rotatable bonds is 49. The molecule has 6 heteroatoms. The van der Waals surface area contributed by atoms with E-state index in [1.165, 1.54) is 141 Å².